The minimum absolute atomic E-state index is 0.297. The predicted octanol–water partition coefficient (Wildman–Crippen LogP) is 6.22. The molecule has 1 aliphatic rings. The Morgan fingerprint density at radius 1 is 0.975 bits per heavy atom. The predicted molar refractivity (Wildman–Crippen MR) is 149 cm³/mol. The fourth-order valence-corrected chi connectivity index (χ4v) is 5.74. The van der Waals surface area contributed by atoms with E-state index in [1.165, 1.54) is 19.9 Å². The number of nitrogens with zero attached hydrogens (tertiary/aromatic N) is 4. The van der Waals surface area contributed by atoms with Gasteiger partial charge < -0.3 is 19.7 Å². The van der Waals surface area contributed by atoms with Gasteiger partial charge >= 0.3 is 6.18 Å². The summed E-state index contributed by atoms with van der Waals surface area (Å²) in [6.07, 6.45) is 3.65. The highest BCUT2D eigenvalue weighted by Crippen LogP contribution is 2.46. The van der Waals surface area contributed by atoms with Gasteiger partial charge in [0.2, 0.25) is 0 Å². The lowest BCUT2D eigenvalue weighted by Crippen LogP contribution is -2.51. The average Bonchev–Trinajstić information content (AvgIpc) is 3.34. The van der Waals surface area contributed by atoms with E-state index in [0.717, 1.165) is 48.3 Å². The Labute approximate surface area is 231 Å². The molecular formula is C30H34F3N5O2. The zero-order chi connectivity index (χ0) is 28.5. The zero-order valence-corrected chi connectivity index (χ0v) is 22.9. The van der Waals surface area contributed by atoms with Gasteiger partial charge in [-0.25, -0.2) is 15.0 Å². The molecule has 0 spiro atoms. The van der Waals surface area contributed by atoms with E-state index >= 15 is 0 Å². The van der Waals surface area contributed by atoms with E-state index in [4.69, 9.17) is 4.74 Å². The van der Waals surface area contributed by atoms with Crippen LogP contribution in [-0.2, 0) is 11.8 Å². The number of aromatic amines is 1. The monoisotopic (exact) mass is 553 g/mol. The number of pyridine rings is 1. The summed E-state index contributed by atoms with van der Waals surface area (Å²) in [4.78, 5) is 17.9. The number of aromatic nitrogens is 4. The van der Waals surface area contributed by atoms with Gasteiger partial charge in [-0.05, 0) is 60.9 Å². The molecule has 40 heavy (non-hydrogen) atoms. The molecule has 1 aromatic carbocycles. The molecule has 2 N–H and O–H groups in total. The van der Waals surface area contributed by atoms with Crippen LogP contribution in [0.15, 0.2) is 55.2 Å². The largest absolute Gasteiger partial charge is 0.496 e. The molecule has 7 nitrogen and oxygen atoms in total. The topological polar surface area (TPSA) is 87.2 Å². The number of ether oxygens (including phenoxy) is 1. The van der Waals surface area contributed by atoms with Crippen molar-refractivity contribution >= 4 is 16.7 Å². The second kappa shape index (κ2) is 10.7. The van der Waals surface area contributed by atoms with Crippen molar-refractivity contribution in [3.63, 3.8) is 0 Å². The highest BCUT2D eigenvalue weighted by Gasteiger charge is 2.56. The highest BCUT2D eigenvalue weighted by atomic mass is 19.4. The van der Waals surface area contributed by atoms with Gasteiger partial charge in [0.25, 0.3) is 0 Å². The standard InChI is InChI=1S/C30H34F3N5O2/c1-28(2,24-12-20(7-8-26(24)40-3)22-15-34-19-35-16-22)18-29(39,30(31,32)33)14-23-11-21-13-27(36-17-25(21)37-23)38-9-5-4-6-10-38/h7-8,11-13,15-17,19,37,39H,4-6,9-10,14,18H2,1-3H3. The lowest BCUT2D eigenvalue weighted by molar-refractivity contribution is -0.266. The number of alkyl halides is 3. The van der Waals surface area contributed by atoms with E-state index in [1.54, 1.807) is 50.6 Å². The van der Waals surface area contributed by atoms with Gasteiger partial charge in [0.15, 0.2) is 5.60 Å². The zero-order valence-electron chi connectivity index (χ0n) is 22.9. The summed E-state index contributed by atoms with van der Waals surface area (Å²) in [5.41, 5.74) is -1.17. The summed E-state index contributed by atoms with van der Waals surface area (Å²) in [5.74, 6) is 1.26. The number of methoxy groups -OCH3 is 1. The minimum atomic E-state index is -4.88. The first-order valence-corrected chi connectivity index (χ1v) is 13.4. The van der Waals surface area contributed by atoms with Crippen molar-refractivity contribution in [1.29, 1.82) is 0 Å². The Morgan fingerprint density at radius 2 is 1.70 bits per heavy atom. The van der Waals surface area contributed by atoms with Crippen molar-refractivity contribution in [1.82, 2.24) is 19.9 Å². The van der Waals surface area contributed by atoms with Crippen LogP contribution in [-0.4, -0.2) is 57.0 Å². The van der Waals surface area contributed by atoms with Gasteiger partial charge in [0.05, 0.1) is 18.8 Å². The fourth-order valence-electron chi connectivity index (χ4n) is 5.74. The maximum Gasteiger partial charge on any atom is 0.417 e. The van der Waals surface area contributed by atoms with Crippen molar-refractivity contribution in [3.8, 4) is 16.9 Å². The molecule has 212 valence electrons. The van der Waals surface area contributed by atoms with Crippen LogP contribution < -0.4 is 9.64 Å². The van der Waals surface area contributed by atoms with Crippen molar-refractivity contribution in [2.75, 3.05) is 25.1 Å². The Bertz CT molecular complexity index is 1470. The minimum Gasteiger partial charge on any atom is -0.496 e. The number of rotatable bonds is 8. The summed E-state index contributed by atoms with van der Waals surface area (Å²) in [5, 5.41) is 12.1. The van der Waals surface area contributed by atoms with Crippen molar-refractivity contribution in [2.24, 2.45) is 0 Å². The van der Waals surface area contributed by atoms with E-state index in [-0.39, 0.29) is 0 Å². The highest BCUT2D eigenvalue weighted by molar-refractivity contribution is 5.82. The first-order chi connectivity index (χ1) is 19.0. The van der Waals surface area contributed by atoms with E-state index in [1.807, 2.05) is 12.1 Å². The number of benzene rings is 1. The molecule has 0 radical (unpaired) electrons. The smallest absolute Gasteiger partial charge is 0.417 e. The number of hydrogen-bond donors (Lipinski definition) is 2. The molecular weight excluding hydrogens is 519 g/mol. The van der Waals surface area contributed by atoms with E-state index < -0.39 is 30.0 Å². The third-order valence-electron chi connectivity index (χ3n) is 7.79. The molecule has 0 amide bonds. The molecule has 1 atom stereocenters. The number of hydrogen-bond acceptors (Lipinski definition) is 6. The normalized spacial score (nSPS) is 16.2. The van der Waals surface area contributed by atoms with Crippen LogP contribution in [0.2, 0.25) is 0 Å². The molecule has 0 bridgehead atoms. The van der Waals surface area contributed by atoms with Crippen LogP contribution in [0.1, 0.15) is 50.8 Å². The molecule has 0 aliphatic carbocycles. The molecule has 0 saturated carbocycles. The summed E-state index contributed by atoms with van der Waals surface area (Å²) in [7, 11) is 1.48. The molecule has 4 aromatic rings. The van der Waals surface area contributed by atoms with Crippen molar-refractivity contribution < 1.29 is 23.0 Å². The summed E-state index contributed by atoms with van der Waals surface area (Å²) in [6, 6.07) is 8.90. The summed E-state index contributed by atoms with van der Waals surface area (Å²) >= 11 is 0. The third-order valence-corrected chi connectivity index (χ3v) is 7.79. The Morgan fingerprint density at radius 3 is 2.38 bits per heavy atom. The molecule has 5 rings (SSSR count). The SMILES string of the molecule is COc1ccc(-c2cncnc2)cc1C(C)(C)CC(O)(Cc1cc2cc(N3CCCCC3)ncc2[nH]1)C(F)(F)F. The van der Waals surface area contributed by atoms with Crippen LogP contribution >= 0.6 is 0 Å². The quantitative estimate of drug-likeness (QED) is 0.269. The van der Waals surface area contributed by atoms with Gasteiger partial charge in [-0.3, -0.25) is 0 Å². The second-order valence-electron chi connectivity index (χ2n) is 11.3. The molecule has 3 aromatic heterocycles. The number of halogens is 3. The maximum absolute atomic E-state index is 14.6. The molecule has 1 fully saturated rings. The van der Waals surface area contributed by atoms with E-state index in [0.29, 0.717) is 22.5 Å². The van der Waals surface area contributed by atoms with Gasteiger partial charge in [0.1, 0.15) is 17.9 Å². The average molecular weight is 554 g/mol. The van der Waals surface area contributed by atoms with Crippen molar-refractivity contribution in [2.45, 2.75) is 63.1 Å². The second-order valence-corrected chi connectivity index (χ2v) is 11.3. The molecule has 10 heteroatoms. The van der Waals surface area contributed by atoms with Gasteiger partial charge in [0, 0.05) is 54.1 Å². The third kappa shape index (κ3) is 5.63. The molecule has 1 saturated heterocycles. The number of piperidine rings is 1. The lowest BCUT2D eigenvalue weighted by atomic mass is 9.72. The van der Waals surface area contributed by atoms with Crippen LogP contribution in [0, 0.1) is 0 Å². The Kier molecular flexibility index (Phi) is 7.48. The van der Waals surface area contributed by atoms with E-state index in [2.05, 4.69) is 24.8 Å². The van der Waals surface area contributed by atoms with Gasteiger partial charge in [-0.1, -0.05) is 19.9 Å². The number of H-pyrrole nitrogens is 1. The number of anilines is 1. The molecule has 4 heterocycles. The van der Waals surface area contributed by atoms with E-state index in [9.17, 15) is 18.3 Å². The summed E-state index contributed by atoms with van der Waals surface area (Å²) in [6.45, 7) is 5.21. The van der Waals surface area contributed by atoms with Crippen LogP contribution in [0.3, 0.4) is 0 Å². The lowest BCUT2D eigenvalue weighted by Gasteiger charge is -2.38. The molecule has 1 unspecified atom stereocenters. The van der Waals surface area contributed by atoms with Gasteiger partial charge in [-0.15, -0.1) is 0 Å². The fraction of sp³-hybridized carbons (Fsp3) is 0.433. The Hall–Kier alpha value is -3.66. The number of nitrogens with one attached hydrogen (secondary N) is 1. The maximum atomic E-state index is 14.6. The van der Waals surface area contributed by atoms with Crippen molar-refractivity contribution in [3.05, 3.63) is 66.5 Å². The van der Waals surface area contributed by atoms with Gasteiger partial charge in [-0.2, -0.15) is 13.2 Å². The first kappa shape index (κ1) is 27.9. The van der Waals surface area contributed by atoms with Crippen LogP contribution in [0.4, 0.5) is 19.0 Å². The van der Waals surface area contributed by atoms with Crippen LogP contribution in [0.5, 0.6) is 5.75 Å². The molecule has 1 aliphatic heterocycles. The number of fused-ring (bicyclic) bond motifs is 1. The first-order valence-electron chi connectivity index (χ1n) is 13.4. The van der Waals surface area contributed by atoms with Crippen LogP contribution in [0.25, 0.3) is 22.0 Å². The number of aliphatic hydroxyl groups is 1. The summed E-state index contributed by atoms with van der Waals surface area (Å²) < 4.78 is 49.3. The Balaban J connectivity index is 1.45.